The van der Waals surface area contributed by atoms with E-state index in [2.05, 4.69) is 5.92 Å². The van der Waals surface area contributed by atoms with Crippen LogP contribution in [0.4, 0.5) is 0 Å². The summed E-state index contributed by atoms with van der Waals surface area (Å²) in [6, 6.07) is 7.78. The number of rotatable bonds is 6. The average Bonchev–Trinajstić information content (AvgIpc) is 3.53. The van der Waals surface area contributed by atoms with Crippen LogP contribution in [-0.2, 0) is 19.8 Å². The van der Waals surface area contributed by atoms with Gasteiger partial charge < -0.3 is 4.90 Å². The number of carbonyl (C=O) groups is 3. The zero-order valence-corrected chi connectivity index (χ0v) is 17.7. The van der Waals surface area contributed by atoms with E-state index < -0.39 is 5.41 Å². The van der Waals surface area contributed by atoms with Gasteiger partial charge in [0, 0.05) is 24.9 Å². The molecule has 0 bridgehead atoms. The van der Waals surface area contributed by atoms with Gasteiger partial charge in [0.05, 0.1) is 12.0 Å². The summed E-state index contributed by atoms with van der Waals surface area (Å²) in [6.07, 6.45) is 12.7. The smallest absolute Gasteiger partial charge is 0.241 e. The van der Waals surface area contributed by atoms with Crippen LogP contribution in [0, 0.1) is 19.3 Å². The monoisotopic (exact) mass is 406 g/mol. The number of terminal acetylenes is 1. The predicted molar refractivity (Wildman–Crippen MR) is 114 cm³/mol. The SMILES string of the molecule is C#CCN(C(=O)C[C@@]1(c2ccccc2C)CC(=O)N(C2CC2)C1=O)C1CCCCC1. The first-order valence-corrected chi connectivity index (χ1v) is 11.1. The molecule has 158 valence electrons. The molecule has 30 heavy (non-hydrogen) atoms. The van der Waals surface area contributed by atoms with Crippen molar-refractivity contribution in [3.8, 4) is 12.3 Å². The number of carbonyl (C=O) groups excluding carboxylic acids is 3. The fraction of sp³-hybridized carbons (Fsp3) is 0.560. The van der Waals surface area contributed by atoms with Crippen LogP contribution in [0.2, 0.25) is 0 Å². The molecule has 1 atom stereocenters. The number of imide groups is 1. The predicted octanol–water partition coefficient (Wildman–Crippen LogP) is 3.34. The molecule has 0 aromatic heterocycles. The first-order valence-electron chi connectivity index (χ1n) is 11.1. The van der Waals surface area contributed by atoms with Crippen molar-refractivity contribution in [2.24, 2.45) is 0 Å². The minimum absolute atomic E-state index is 0.00380. The van der Waals surface area contributed by atoms with E-state index in [1.807, 2.05) is 31.2 Å². The molecule has 2 aliphatic carbocycles. The van der Waals surface area contributed by atoms with E-state index in [1.54, 1.807) is 4.90 Å². The molecule has 1 heterocycles. The summed E-state index contributed by atoms with van der Waals surface area (Å²) >= 11 is 0. The lowest BCUT2D eigenvalue weighted by atomic mass is 9.73. The van der Waals surface area contributed by atoms with Crippen molar-refractivity contribution in [3.63, 3.8) is 0 Å². The maximum Gasteiger partial charge on any atom is 0.241 e. The molecular weight excluding hydrogens is 376 g/mol. The van der Waals surface area contributed by atoms with Gasteiger partial charge >= 0.3 is 0 Å². The summed E-state index contributed by atoms with van der Waals surface area (Å²) in [5, 5.41) is 0. The van der Waals surface area contributed by atoms with Gasteiger partial charge in [-0.1, -0.05) is 49.4 Å². The van der Waals surface area contributed by atoms with Gasteiger partial charge in [-0.05, 0) is 43.7 Å². The third kappa shape index (κ3) is 3.64. The van der Waals surface area contributed by atoms with Crippen LogP contribution in [0.5, 0.6) is 0 Å². The fourth-order valence-electron chi connectivity index (χ4n) is 5.29. The first-order chi connectivity index (χ1) is 14.5. The van der Waals surface area contributed by atoms with Crippen molar-refractivity contribution in [3.05, 3.63) is 35.4 Å². The van der Waals surface area contributed by atoms with E-state index in [0.29, 0.717) is 0 Å². The topological polar surface area (TPSA) is 57.7 Å². The number of nitrogens with zero attached hydrogens (tertiary/aromatic N) is 2. The Labute approximate surface area is 178 Å². The van der Waals surface area contributed by atoms with Gasteiger partial charge in [0.15, 0.2) is 0 Å². The lowest BCUT2D eigenvalue weighted by molar-refractivity contribution is -0.143. The Morgan fingerprint density at radius 3 is 2.50 bits per heavy atom. The summed E-state index contributed by atoms with van der Waals surface area (Å²) < 4.78 is 0. The second-order valence-electron chi connectivity index (χ2n) is 9.07. The van der Waals surface area contributed by atoms with Gasteiger partial charge in [0.2, 0.25) is 17.7 Å². The highest BCUT2D eigenvalue weighted by Crippen LogP contribution is 2.45. The molecule has 5 heteroatoms. The zero-order valence-electron chi connectivity index (χ0n) is 17.7. The minimum atomic E-state index is -1.12. The van der Waals surface area contributed by atoms with Crippen molar-refractivity contribution in [2.45, 2.75) is 82.2 Å². The van der Waals surface area contributed by atoms with Crippen LogP contribution in [0.1, 0.15) is 68.9 Å². The second kappa shape index (κ2) is 8.26. The van der Waals surface area contributed by atoms with Crippen molar-refractivity contribution in [1.29, 1.82) is 0 Å². The summed E-state index contributed by atoms with van der Waals surface area (Å²) in [4.78, 5) is 43.3. The third-order valence-electron chi connectivity index (χ3n) is 6.97. The average molecular weight is 407 g/mol. The number of likely N-dealkylation sites (tertiary alicyclic amines) is 1. The Balaban J connectivity index is 1.69. The Morgan fingerprint density at radius 1 is 1.17 bits per heavy atom. The van der Waals surface area contributed by atoms with Crippen LogP contribution in [-0.4, -0.2) is 46.1 Å². The molecule has 4 rings (SSSR count). The van der Waals surface area contributed by atoms with Gasteiger partial charge in [-0.3, -0.25) is 19.3 Å². The molecule has 3 amide bonds. The summed E-state index contributed by atoms with van der Waals surface area (Å²) in [5.41, 5.74) is 0.610. The molecule has 3 aliphatic rings. The van der Waals surface area contributed by atoms with Crippen LogP contribution in [0.3, 0.4) is 0 Å². The molecule has 0 N–H and O–H groups in total. The van der Waals surface area contributed by atoms with Crippen LogP contribution < -0.4 is 0 Å². The van der Waals surface area contributed by atoms with E-state index in [4.69, 9.17) is 6.42 Å². The van der Waals surface area contributed by atoms with Crippen molar-refractivity contribution >= 4 is 17.7 Å². The lowest BCUT2D eigenvalue weighted by Gasteiger charge is -2.36. The summed E-state index contributed by atoms with van der Waals surface area (Å²) in [7, 11) is 0. The molecule has 2 saturated carbocycles. The Morgan fingerprint density at radius 2 is 1.87 bits per heavy atom. The van der Waals surface area contributed by atoms with Gasteiger partial charge in [-0.25, -0.2) is 0 Å². The molecule has 1 saturated heterocycles. The number of amides is 3. The number of hydrogen-bond donors (Lipinski definition) is 0. The van der Waals surface area contributed by atoms with Crippen LogP contribution in [0.25, 0.3) is 0 Å². The Hall–Kier alpha value is -2.61. The number of hydrogen-bond acceptors (Lipinski definition) is 3. The van der Waals surface area contributed by atoms with Crippen molar-refractivity contribution in [2.75, 3.05) is 6.54 Å². The van der Waals surface area contributed by atoms with Crippen LogP contribution in [0.15, 0.2) is 24.3 Å². The van der Waals surface area contributed by atoms with Crippen molar-refractivity contribution in [1.82, 2.24) is 9.80 Å². The maximum atomic E-state index is 13.7. The first kappa shape index (κ1) is 20.7. The molecular formula is C25H30N2O3. The summed E-state index contributed by atoms with van der Waals surface area (Å²) in [5.74, 6) is 2.17. The van der Waals surface area contributed by atoms with Crippen molar-refractivity contribution < 1.29 is 14.4 Å². The zero-order chi connectivity index (χ0) is 21.3. The molecule has 1 aliphatic heterocycles. The number of benzene rings is 1. The highest BCUT2D eigenvalue weighted by molar-refractivity contribution is 6.11. The fourth-order valence-corrected chi connectivity index (χ4v) is 5.29. The lowest BCUT2D eigenvalue weighted by Crippen LogP contribution is -2.47. The van der Waals surface area contributed by atoms with Gasteiger partial charge in [0.1, 0.15) is 0 Å². The van der Waals surface area contributed by atoms with E-state index in [9.17, 15) is 14.4 Å². The quantitative estimate of drug-likeness (QED) is 0.538. The minimum Gasteiger partial charge on any atom is -0.329 e. The normalized spacial score (nSPS) is 24.7. The Bertz CT molecular complexity index is 892. The highest BCUT2D eigenvalue weighted by Gasteiger charge is 2.57. The molecule has 0 radical (unpaired) electrons. The van der Waals surface area contributed by atoms with Gasteiger partial charge in [-0.2, -0.15) is 0 Å². The largest absolute Gasteiger partial charge is 0.329 e. The molecule has 0 unspecified atom stereocenters. The van der Waals surface area contributed by atoms with E-state index in [0.717, 1.165) is 49.7 Å². The molecule has 1 aromatic carbocycles. The molecule has 5 nitrogen and oxygen atoms in total. The third-order valence-corrected chi connectivity index (χ3v) is 6.97. The van der Waals surface area contributed by atoms with Gasteiger partial charge in [0.25, 0.3) is 0 Å². The van der Waals surface area contributed by atoms with E-state index in [-0.39, 0.29) is 49.2 Å². The standard InChI is InChI=1S/C25H30N2O3/c1-3-15-26(19-10-5-4-6-11-19)22(28)16-25(21-12-8-7-9-18(21)2)17-23(29)27(24(25)30)20-13-14-20/h1,7-9,12,19-20H,4-6,10-11,13-17H2,2H3/t25-/m0/s1. The summed E-state index contributed by atoms with van der Waals surface area (Å²) in [6.45, 7) is 2.20. The van der Waals surface area contributed by atoms with E-state index in [1.165, 1.54) is 11.3 Å². The second-order valence-corrected chi connectivity index (χ2v) is 9.07. The Kier molecular flexibility index (Phi) is 5.69. The molecule has 3 fully saturated rings. The maximum absolute atomic E-state index is 13.7. The van der Waals surface area contributed by atoms with Gasteiger partial charge in [-0.15, -0.1) is 6.42 Å². The van der Waals surface area contributed by atoms with E-state index >= 15 is 0 Å². The highest BCUT2D eigenvalue weighted by atomic mass is 16.2. The molecule has 0 spiro atoms. The number of aryl methyl sites for hydroxylation is 1. The van der Waals surface area contributed by atoms with Crippen LogP contribution >= 0.6 is 0 Å². The molecule has 1 aromatic rings.